The summed E-state index contributed by atoms with van der Waals surface area (Å²) in [5, 5.41) is 16.1. The Morgan fingerprint density at radius 2 is 2.10 bits per heavy atom. The molecule has 0 aliphatic rings. The number of hydrogen-bond donors (Lipinski definition) is 2. The van der Waals surface area contributed by atoms with Gasteiger partial charge in [0, 0.05) is 13.2 Å². The predicted octanol–water partition coefficient (Wildman–Crippen LogP) is 1.16. The molecule has 2 aromatic rings. The lowest BCUT2D eigenvalue weighted by Crippen LogP contribution is -2.16. The zero-order valence-electron chi connectivity index (χ0n) is 11.0. The van der Waals surface area contributed by atoms with E-state index in [2.05, 4.69) is 15.2 Å². The summed E-state index contributed by atoms with van der Waals surface area (Å²) < 4.78 is 5.98. The van der Waals surface area contributed by atoms with Crippen molar-refractivity contribution in [1.29, 1.82) is 0 Å². The molecule has 0 saturated carbocycles. The number of anilines is 1. The van der Waals surface area contributed by atoms with E-state index in [1.807, 2.05) is 0 Å². The van der Waals surface area contributed by atoms with Crippen LogP contribution in [0.2, 0.25) is 0 Å². The molecule has 0 aliphatic carbocycles. The number of carbonyl (C=O) groups excluding carboxylic acids is 2. The van der Waals surface area contributed by atoms with E-state index in [4.69, 9.17) is 0 Å². The minimum atomic E-state index is -0.555. The van der Waals surface area contributed by atoms with Crippen LogP contribution in [0.15, 0.2) is 30.5 Å². The van der Waals surface area contributed by atoms with Crippen LogP contribution in [-0.2, 0) is 11.8 Å². The molecule has 2 N–H and O–H groups in total. The van der Waals surface area contributed by atoms with Crippen LogP contribution >= 0.6 is 0 Å². The minimum absolute atomic E-state index is 0.124. The first kappa shape index (κ1) is 13.6. The average molecular weight is 275 g/mol. The second-order valence-electron chi connectivity index (χ2n) is 4.02. The highest BCUT2D eigenvalue weighted by atomic mass is 16.5. The smallest absolute Gasteiger partial charge is 0.337 e. The molecule has 1 amide bonds. The summed E-state index contributed by atoms with van der Waals surface area (Å²) in [5.41, 5.74) is 0.678. The number of benzene rings is 1. The van der Waals surface area contributed by atoms with Gasteiger partial charge in [-0.15, -0.1) is 0 Å². The maximum atomic E-state index is 12.0. The lowest BCUT2D eigenvalue weighted by molar-refractivity contribution is 0.0600. The van der Waals surface area contributed by atoms with Crippen LogP contribution in [0.4, 0.5) is 5.69 Å². The van der Waals surface area contributed by atoms with Gasteiger partial charge in [0.05, 0.1) is 18.4 Å². The van der Waals surface area contributed by atoms with Crippen LogP contribution < -0.4 is 5.32 Å². The van der Waals surface area contributed by atoms with E-state index >= 15 is 0 Å². The third kappa shape index (κ3) is 2.61. The van der Waals surface area contributed by atoms with Gasteiger partial charge in [0.1, 0.15) is 11.4 Å². The predicted molar refractivity (Wildman–Crippen MR) is 70.6 cm³/mol. The fourth-order valence-corrected chi connectivity index (χ4v) is 1.66. The molecule has 0 spiro atoms. The minimum Gasteiger partial charge on any atom is -0.506 e. The number of aromatic hydroxyl groups is 1. The van der Waals surface area contributed by atoms with Gasteiger partial charge in [-0.2, -0.15) is 5.10 Å². The molecule has 2 rings (SSSR count). The maximum absolute atomic E-state index is 12.0. The number of aromatic nitrogens is 2. The monoisotopic (exact) mass is 275 g/mol. The van der Waals surface area contributed by atoms with Crippen LogP contribution in [0.5, 0.6) is 5.75 Å². The Morgan fingerprint density at radius 1 is 1.35 bits per heavy atom. The molecule has 0 aliphatic heterocycles. The summed E-state index contributed by atoms with van der Waals surface area (Å²) >= 11 is 0. The summed E-state index contributed by atoms with van der Waals surface area (Å²) in [5.74, 6) is -1.14. The van der Waals surface area contributed by atoms with Crippen molar-refractivity contribution in [2.45, 2.75) is 0 Å². The van der Waals surface area contributed by atoms with E-state index in [0.29, 0.717) is 5.69 Å². The largest absolute Gasteiger partial charge is 0.506 e. The molecule has 20 heavy (non-hydrogen) atoms. The number of phenols is 1. The number of rotatable bonds is 3. The van der Waals surface area contributed by atoms with Gasteiger partial charge in [-0.3, -0.25) is 9.48 Å². The first-order valence-corrected chi connectivity index (χ1v) is 5.73. The van der Waals surface area contributed by atoms with Crippen LogP contribution in [0.25, 0.3) is 0 Å². The number of methoxy groups -OCH3 is 1. The highest BCUT2D eigenvalue weighted by Crippen LogP contribution is 2.25. The summed E-state index contributed by atoms with van der Waals surface area (Å²) in [4.78, 5) is 23.4. The third-order valence-corrected chi connectivity index (χ3v) is 2.72. The Balaban J connectivity index is 2.27. The second-order valence-corrected chi connectivity index (χ2v) is 4.02. The van der Waals surface area contributed by atoms with Crippen molar-refractivity contribution < 1.29 is 19.4 Å². The van der Waals surface area contributed by atoms with Gasteiger partial charge in [0.15, 0.2) is 0 Å². The molecular formula is C13H13N3O4. The zero-order chi connectivity index (χ0) is 14.7. The number of nitrogens with zero attached hydrogens (tertiary/aromatic N) is 2. The molecular weight excluding hydrogens is 262 g/mol. The van der Waals surface area contributed by atoms with Gasteiger partial charge in [0.25, 0.3) is 5.91 Å². The molecule has 7 heteroatoms. The van der Waals surface area contributed by atoms with Gasteiger partial charge in [0.2, 0.25) is 0 Å². The van der Waals surface area contributed by atoms with Gasteiger partial charge < -0.3 is 15.2 Å². The number of ether oxygens (including phenoxy) is 1. The highest BCUT2D eigenvalue weighted by molar-refractivity contribution is 6.04. The van der Waals surface area contributed by atoms with Crippen molar-refractivity contribution in [1.82, 2.24) is 9.78 Å². The van der Waals surface area contributed by atoms with Crippen LogP contribution in [-0.4, -0.2) is 33.9 Å². The molecule has 1 aromatic heterocycles. The summed E-state index contributed by atoms with van der Waals surface area (Å²) in [6.45, 7) is 0. The molecule has 0 bridgehead atoms. The topological polar surface area (TPSA) is 93.4 Å². The molecule has 0 unspecified atom stereocenters. The number of amides is 1. The molecule has 0 radical (unpaired) electrons. The fraction of sp³-hybridized carbons (Fsp3) is 0.154. The van der Waals surface area contributed by atoms with Crippen LogP contribution in [0, 0.1) is 0 Å². The van der Waals surface area contributed by atoms with Crippen molar-refractivity contribution in [2.24, 2.45) is 7.05 Å². The quantitative estimate of drug-likeness (QED) is 0.647. The molecule has 7 nitrogen and oxygen atoms in total. The average Bonchev–Trinajstić information content (AvgIpc) is 2.86. The normalized spacial score (nSPS) is 10.1. The Hall–Kier alpha value is -2.83. The van der Waals surface area contributed by atoms with Gasteiger partial charge in [-0.25, -0.2) is 4.79 Å². The molecule has 104 valence electrons. The molecule has 1 heterocycles. The van der Waals surface area contributed by atoms with E-state index in [-0.39, 0.29) is 17.0 Å². The molecule has 1 aromatic carbocycles. The first-order valence-electron chi connectivity index (χ1n) is 5.73. The summed E-state index contributed by atoms with van der Waals surface area (Å²) in [6, 6.07) is 5.60. The summed E-state index contributed by atoms with van der Waals surface area (Å²) in [7, 11) is 2.88. The van der Waals surface area contributed by atoms with Gasteiger partial charge in [-0.05, 0) is 24.3 Å². The van der Waals surface area contributed by atoms with Crippen molar-refractivity contribution in [3.8, 4) is 5.75 Å². The van der Waals surface area contributed by atoms with Gasteiger partial charge in [-0.1, -0.05) is 0 Å². The zero-order valence-corrected chi connectivity index (χ0v) is 11.0. The Morgan fingerprint density at radius 3 is 2.70 bits per heavy atom. The number of esters is 1. The van der Waals surface area contributed by atoms with Crippen LogP contribution in [0.1, 0.15) is 20.8 Å². The Labute approximate surface area is 114 Å². The van der Waals surface area contributed by atoms with E-state index in [9.17, 15) is 14.7 Å². The molecule has 0 saturated heterocycles. The number of nitrogens with one attached hydrogen (secondary N) is 1. The lowest BCUT2D eigenvalue weighted by Gasteiger charge is -2.09. The number of phenolic OH excluding ortho intramolecular Hbond substituents is 1. The number of hydrogen-bond acceptors (Lipinski definition) is 5. The lowest BCUT2D eigenvalue weighted by atomic mass is 10.2. The van der Waals surface area contributed by atoms with Gasteiger partial charge >= 0.3 is 5.97 Å². The number of carbonyl (C=O) groups is 2. The third-order valence-electron chi connectivity index (χ3n) is 2.72. The Kier molecular flexibility index (Phi) is 3.69. The SMILES string of the molecule is COC(=O)c1ccc(O)c(NC(=O)c2ccnn2C)c1. The highest BCUT2D eigenvalue weighted by Gasteiger charge is 2.14. The van der Waals surface area contributed by atoms with Crippen LogP contribution in [0.3, 0.4) is 0 Å². The first-order chi connectivity index (χ1) is 9.52. The Bertz CT molecular complexity index is 663. The van der Waals surface area contributed by atoms with E-state index in [1.54, 1.807) is 7.05 Å². The number of aryl methyl sites for hydroxylation is 1. The summed E-state index contributed by atoms with van der Waals surface area (Å²) in [6.07, 6.45) is 1.49. The maximum Gasteiger partial charge on any atom is 0.337 e. The second kappa shape index (κ2) is 5.43. The van der Waals surface area contributed by atoms with Crippen molar-refractivity contribution >= 4 is 17.6 Å². The van der Waals surface area contributed by atoms with E-state index < -0.39 is 11.9 Å². The standard InChI is InChI=1S/C13H13N3O4/c1-16-10(5-6-14-16)12(18)15-9-7-8(13(19)20-2)3-4-11(9)17/h3-7,17H,1-2H3,(H,15,18). The molecule has 0 atom stereocenters. The van der Waals surface area contributed by atoms with Crippen molar-refractivity contribution in [3.63, 3.8) is 0 Å². The fourth-order valence-electron chi connectivity index (χ4n) is 1.66. The van der Waals surface area contributed by atoms with E-state index in [0.717, 1.165) is 0 Å². The van der Waals surface area contributed by atoms with Crippen molar-refractivity contribution in [3.05, 3.63) is 41.7 Å². The molecule has 0 fully saturated rings. The van der Waals surface area contributed by atoms with Crippen molar-refractivity contribution in [2.75, 3.05) is 12.4 Å². The van der Waals surface area contributed by atoms with E-state index in [1.165, 1.54) is 42.3 Å².